The van der Waals surface area contributed by atoms with E-state index in [2.05, 4.69) is 17.2 Å². The normalized spacial score (nSPS) is 15.7. The van der Waals surface area contributed by atoms with Crippen LogP contribution in [0.2, 0.25) is 0 Å². The fraction of sp³-hybridized carbons (Fsp3) is 0.571. The minimum absolute atomic E-state index is 0.0692. The minimum atomic E-state index is -0.508. The summed E-state index contributed by atoms with van der Waals surface area (Å²) in [4.78, 5) is 16.8. The fourth-order valence-electron chi connectivity index (χ4n) is 2.64. The molecule has 1 saturated heterocycles. The van der Waals surface area contributed by atoms with E-state index in [1.165, 1.54) is 12.3 Å². The van der Waals surface area contributed by atoms with Crippen molar-refractivity contribution in [2.75, 3.05) is 31.1 Å². The van der Waals surface area contributed by atoms with Crippen LogP contribution in [0, 0.1) is 27.4 Å². The number of hydrogen-bond acceptors (Lipinski definition) is 6. The zero-order chi connectivity index (χ0) is 15.2. The molecule has 2 rings (SSSR count). The number of nitro groups is 1. The molecule has 0 amide bonds. The minimum Gasteiger partial charge on any atom is -0.351 e. The lowest BCUT2D eigenvalue weighted by atomic mass is 9.96. The number of hydrogen-bond donors (Lipinski definition) is 1. The molecule has 1 aromatic rings. The first-order valence-corrected chi connectivity index (χ1v) is 7.16. The first-order chi connectivity index (χ1) is 10.2. The Balaban J connectivity index is 2.14. The Morgan fingerprint density at radius 3 is 2.86 bits per heavy atom. The number of pyridine rings is 1. The van der Waals surface area contributed by atoms with E-state index in [9.17, 15) is 10.1 Å². The van der Waals surface area contributed by atoms with Gasteiger partial charge in [-0.15, -0.1) is 0 Å². The summed E-state index contributed by atoms with van der Waals surface area (Å²) >= 11 is 0. The van der Waals surface area contributed by atoms with Gasteiger partial charge in [-0.05, 0) is 37.9 Å². The first kappa shape index (κ1) is 15.2. The van der Waals surface area contributed by atoms with E-state index in [-0.39, 0.29) is 11.3 Å². The first-order valence-electron chi connectivity index (χ1n) is 7.16. The molecule has 0 radical (unpaired) electrons. The molecule has 1 aliphatic heterocycles. The maximum absolute atomic E-state index is 11.2. The number of aromatic nitrogens is 1. The zero-order valence-electron chi connectivity index (χ0n) is 12.1. The second kappa shape index (κ2) is 6.99. The molecule has 0 spiro atoms. The van der Waals surface area contributed by atoms with Crippen molar-refractivity contribution in [3.63, 3.8) is 0 Å². The van der Waals surface area contributed by atoms with Gasteiger partial charge in [-0.3, -0.25) is 10.1 Å². The van der Waals surface area contributed by atoms with Crippen LogP contribution in [0.1, 0.15) is 25.3 Å². The molecule has 0 atom stereocenters. The van der Waals surface area contributed by atoms with Crippen LogP contribution in [0.5, 0.6) is 0 Å². The fourth-order valence-corrected chi connectivity index (χ4v) is 2.64. The average molecular weight is 289 g/mol. The van der Waals surface area contributed by atoms with Crippen LogP contribution in [0.25, 0.3) is 0 Å². The van der Waals surface area contributed by atoms with Crippen LogP contribution >= 0.6 is 0 Å². The van der Waals surface area contributed by atoms with Gasteiger partial charge in [0.05, 0.1) is 4.92 Å². The van der Waals surface area contributed by atoms with Gasteiger partial charge in [0.1, 0.15) is 11.6 Å². The average Bonchev–Trinajstić information content (AvgIpc) is 2.52. The number of anilines is 1. The van der Waals surface area contributed by atoms with Gasteiger partial charge >= 0.3 is 5.69 Å². The highest BCUT2D eigenvalue weighted by Crippen LogP contribution is 2.31. The molecule has 0 bridgehead atoms. The van der Waals surface area contributed by atoms with Gasteiger partial charge < -0.3 is 10.2 Å². The summed E-state index contributed by atoms with van der Waals surface area (Å²) in [5.41, 5.74) is -0.107. The van der Waals surface area contributed by atoms with Crippen molar-refractivity contribution >= 4 is 11.5 Å². The summed E-state index contributed by atoms with van der Waals surface area (Å²) in [6.07, 6.45) is 3.41. The predicted molar refractivity (Wildman–Crippen MR) is 79.1 cm³/mol. The lowest BCUT2D eigenvalue weighted by Gasteiger charge is -2.32. The van der Waals surface area contributed by atoms with Crippen molar-refractivity contribution in [2.45, 2.75) is 19.8 Å². The van der Waals surface area contributed by atoms with Gasteiger partial charge in [0.15, 0.2) is 0 Å². The molecular formula is C14H19N5O2. The number of nitrogens with zero attached hydrogens (tertiary/aromatic N) is 4. The second-order valence-corrected chi connectivity index (χ2v) is 5.14. The van der Waals surface area contributed by atoms with Crippen LogP contribution in [0.4, 0.5) is 11.5 Å². The summed E-state index contributed by atoms with van der Waals surface area (Å²) in [7, 11) is 0. The van der Waals surface area contributed by atoms with E-state index in [1.807, 2.05) is 11.0 Å². The van der Waals surface area contributed by atoms with Gasteiger partial charge in [0, 0.05) is 19.3 Å². The van der Waals surface area contributed by atoms with E-state index in [0.717, 1.165) is 39.0 Å². The third-order valence-corrected chi connectivity index (χ3v) is 3.81. The summed E-state index contributed by atoms with van der Waals surface area (Å²) in [5, 5.41) is 23.6. The highest BCUT2D eigenvalue weighted by atomic mass is 16.6. The zero-order valence-corrected chi connectivity index (χ0v) is 12.1. The van der Waals surface area contributed by atoms with Gasteiger partial charge in [0.25, 0.3) is 0 Å². The Bertz CT molecular complexity index is 547. The van der Waals surface area contributed by atoms with Crippen LogP contribution in [0.3, 0.4) is 0 Å². The molecule has 2 heterocycles. The van der Waals surface area contributed by atoms with E-state index in [4.69, 9.17) is 5.26 Å². The largest absolute Gasteiger partial charge is 0.351 e. The van der Waals surface area contributed by atoms with Crippen molar-refractivity contribution in [1.82, 2.24) is 10.3 Å². The highest BCUT2D eigenvalue weighted by molar-refractivity contribution is 5.65. The Labute approximate surface area is 123 Å². The van der Waals surface area contributed by atoms with E-state index < -0.39 is 4.92 Å². The molecule has 0 aromatic carbocycles. The summed E-state index contributed by atoms with van der Waals surface area (Å²) in [5.74, 6) is 0.917. The van der Waals surface area contributed by atoms with Crippen LogP contribution < -0.4 is 10.2 Å². The molecule has 21 heavy (non-hydrogen) atoms. The molecule has 112 valence electrons. The predicted octanol–water partition coefficient (Wildman–Crippen LogP) is 1.69. The molecule has 1 fully saturated rings. The topological polar surface area (TPSA) is 95.1 Å². The maximum Gasteiger partial charge on any atom is 0.329 e. The molecule has 1 aliphatic rings. The molecule has 0 aliphatic carbocycles. The van der Waals surface area contributed by atoms with E-state index in [1.54, 1.807) is 0 Å². The maximum atomic E-state index is 11.2. The summed E-state index contributed by atoms with van der Waals surface area (Å²) in [6.45, 7) is 5.49. The van der Waals surface area contributed by atoms with Gasteiger partial charge in [-0.1, -0.05) is 6.92 Å². The molecule has 7 nitrogen and oxygen atoms in total. The summed E-state index contributed by atoms with van der Waals surface area (Å²) in [6, 6.07) is 3.26. The second-order valence-electron chi connectivity index (χ2n) is 5.14. The molecule has 7 heteroatoms. The molecule has 0 saturated carbocycles. The molecule has 0 unspecified atom stereocenters. The van der Waals surface area contributed by atoms with Crippen molar-refractivity contribution in [3.8, 4) is 6.07 Å². The van der Waals surface area contributed by atoms with Crippen molar-refractivity contribution in [3.05, 3.63) is 27.9 Å². The van der Waals surface area contributed by atoms with Crippen LogP contribution in [-0.2, 0) is 0 Å². The third kappa shape index (κ3) is 3.47. The molecule has 1 N–H and O–H groups in total. The van der Waals surface area contributed by atoms with Gasteiger partial charge in [-0.2, -0.15) is 5.26 Å². The third-order valence-electron chi connectivity index (χ3n) is 3.81. The number of nitriles is 1. The lowest BCUT2D eigenvalue weighted by Crippen LogP contribution is -2.38. The van der Waals surface area contributed by atoms with Crippen molar-refractivity contribution < 1.29 is 4.92 Å². The van der Waals surface area contributed by atoms with Gasteiger partial charge in [-0.25, -0.2) is 4.98 Å². The quantitative estimate of drug-likeness (QED) is 0.654. The molecular weight excluding hydrogens is 270 g/mol. The number of piperidine rings is 1. The SMILES string of the molecule is CCNCC1CCN(c2nccc(C#N)c2[N+](=O)[O-])CC1. The van der Waals surface area contributed by atoms with Crippen molar-refractivity contribution in [1.29, 1.82) is 5.26 Å². The standard InChI is InChI=1S/C14H19N5O2/c1-2-16-10-11-4-7-18(8-5-11)14-13(19(20)21)12(9-15)3-6-17-14/h3,6,11,16H,2,4-5,7-8,10H2,1H3. The monoisotopic (exact) mass is 289 g/mol. The lowest BCUT2D eigenvalue weighted by molar-refractivity contribution is -0.384. The van der Waals surface area contributed by atoms with E-state index in [0.29, 0.717) is 11.7 Å². The Hall–Kier alpha value is -2.20. The van der Waals surface area contributed by atoms with Crippen LogP contribution in [-0.4, -0.2) is 36.1 Å². The summed E-state index contributed by atoms with van der Waals surface area (Å²) < 4.78 is 0. The van der Waals surface area contributed by atoms with Crippen molar-refractivity contribution in [2.24, 2.45) is 5.92 Å². The smallest absolute Gasteiger partial charge is 0.329 e. The van der Waals surface area contributed by atoms with E-state index >= 15 is 0 Å². The number of nitrogens with one attached hydrogen (secondary N) is 1. The van der Waals surface area contributed by atoms with Crippen LogP contribution in [0.15, 0.2) is 12.3 Å². The Morgan fingerprint density at radius 2 is 2.29 bits per heavy atom. The Morgan fingerprint density at radius 1 is 1.57 bits per heavy atom. The Kier molecular flexibility index (Phi) is 5.06. The highest BCUT2D eigenvalue weighted by Gasteiger charge is 2.28. The molecule has 1 aromatic heterocycles. The number of rotatable bonds is 5. The van der Waals surface area contributed by atoms with Gasteiger partial charge in [0.2, 0.25) is 5.82 Å².